The van der Waals surface area contributed by atoms with Crippen molar-refractivity contribution in [3.05, 3.63) is 12.5 Å². The second-order valence-corrected chi connectivity index (χ2v) is 4.35. The molecular formula is C10H10F3N5. The standard InChI is InChI=1S/C10H10F3N5/c1-17-8-7(2-16-17)9(15-5-14-8)18-3-6(4-18)10(11,12)13/h2,5-6H,3-4H2,1H3. The van der Waals surface area contributed by atoms with Crippen molar-refractivity contribution in [2.24, 2.45) is 13.0 Å². The minimum atomic E-state index is -4.13. The van der Waals surface area contributed by atoms with E-state index in [1.165, 1.54) is 6.33 Å². The van der Waals surface area contributed by atoms with E-state index < -0.39 is 12.1 Å². The third-order valence-corrected chi connectivity index (χ3v) is 3.15. The zero-order valence-electron chi connectivity index (χ0n) is 9.52. The molecule has 18 heavy (non-hydrogen) atoms. The molecule has 1 aliphatic rings. The monoisotopic (exact) mass is 257 g/mol. The molecule has 0 N–H and O–H groups in total. The Bertz CT molecular complexity index is 585. The number of hydrogen-bond donors (Lipinski definition) is 0. The summed E-state index contributed by atoms with van der Waals surface area (Å²) < 4.78 is 38.9. The molecule has 8 heteroatoms. The van der Waals surface area contributed by atoms with E-state index in [9.17, 15) is 13.2 Å². The first-order valence-electron chi connectivity index (χ1n) is 5.41. The number of rotatable bonds is 1. The second-order valence-electron chi connectivity index (χ2n) is 4.35. The van der Waals surface area contributed by atoms with Gasteiger partial charge >= 0.3 is 6.18 Å². The van der Waals surface area contributed by atoms with Crippen LogP contribution in [-0.2, 0) is 7.05 Å². The summed E-state index contributed by atoms with van der Waals surface area (Å²) in [4.78, 5) is 9.70. The Hall–Kier alpha value is -1.86. The van der Waals surface area contributed by atoms with Crippen molar-refractivity contribution < 1.29 is 13.2 Å². The van der Waals surface area contributed by atoms with Crippen LogP contribution < -0.4 is 4.90 Å². The highest BCUT2D eigenvalue weighted by molar-refractivity contribution is 5.86. The number of anilines is 1. The minimum Gasteiger partial charge on any atom is -0.355 e. The van der Waals surface area contributed by atoms with Crippen molar-refractivity contribution in [3.8, 4) is 0 Å². The van der Waals surface area contributed by atoms with Crippen molar-refractivity contribution in [1.82, 2.24) is 19.7 Å². The molecule has 1 aliphatic heterocycles. The molecular weight excluding hydrogens is 247 g/mol. The van der Waals surface area contributed by atoms with E-state index in [0.717, 1.165) is 0 Å². The van der Waals surface area contributed by atoms with Gasteiger partial charge in [0.15, 0.2) is 5.65 Å². The topological polar surface area (TPSA) is 46.8 Å². The largest absolute Gasteiger partial charge is 0.395 e. The predicted octanol–water partition coefficient (Wildman–Crippen LogP) is 1.36. The van der Waals surface area contributed by atoms with Crippen molar-refractivity contribution in [1.29, 1.82) is 0 Å². The van der Waals surface area contributed by atoms with Crippen LogP contribution in [0.2, 0.25) is 0 Å². The van der Waals surface area contributed by atoms with Crippen LogP contribution in [0.1, 0.15) is 0 Å². The second kappa shape index (κ2) is 3.56. The Balaban J connectivity index is 1.89. The first-order chi connectivity index (χ1) is 8.47. The fourth-order valence-electron chi connectivity index (χ4n) is 2.06. The van der Waals surface area contributed by atoms with Gasteiger partial charge in [0.1, 0.15) is 12.1 Å². The van der Waals surface area contributed by atoms with Crippen LogP contribution in [0.3, 0.4) is 0 Å². The third-order valence-electron chi connectivity index (χ3n) is 3.15. The van der Waals surface area contributed by atoms with Crippen molar-refractivity contribution in [2.45, 2.75) is 6.18 Å². The summed E-state index contributed by atoms with van der Waals surface area (Å²) in [6, 6.07) is 0. The van der Waals surface area contributed by atoms with Crippen LogP contribution in [0.5, 0.6) is 0 Å². The highest BCUT2D eigenvalue weighted by Crippen LogP contribution is 2.37. The summed E-state index contributed by atoms with van der Waals surface area (Å²) in [5.74, 6) is -0.743. The lowest BCUT2D eigenvalue weighted by Gasteiger charge is -2.40. The fraction of sp³-hybridized carbons (Fsp3) is 0.500. The maximum Gasteiger partial charge on any atom is 0.395 e. The molecule has 96 valence electrons. The molecule has 0 aromatic carbocycles. The van der Waals surface area contributed by atoms with Gasteiger partial charge in [0.05, 0.1) is 17.5 Å². The van der Waals surface area contributed by atoms with Crippen molar-refractivity contribution in [2.75, 3.05) is 18.0 Å². The molecule has 3 heterocycles. The van der Waals surface area contributed by atoms with Gasteiger partial charge in [0.25, 0.3) is 0 Å². The summed E-state index contributed by atoms with van der Waals surface area (Å²) in [7, 11) is 1.73. The lowest BCUT2D eigenvalue weighted by atomic mass is 9.99. The van der Waals surface area contributed by atoms with Gasteiger partial charge in [-0.3, -0.25) is 4.68 Å². The van der Waals surface area contributed by atoms with Crippen LogP contribution >= 0.6 is 0 Å². The molecule has 2 aromatic rings. The molecule has 0 unspecified atom stereocenters. The SMILES string of the molecule is Cn1ncc2c(N3CC(C(F)(F)F)C3)ncnc21. The van der Waals surface area contributed by atoms with E-state index >= 15 is 0 Å². The Morgan fingerprint density at radius 3 is 2.67 bits per heavy atom. The minimum absolute atomic E-state index is 0.0511. The van der Waals surface area contributed by atoms with Gasteiger partial charge in [0.2, 0.25) is 0 Å². The van der Waals surface area contributed by atoms with E-state index in [-0.39, 0.29) is 13.1 Å². The maximum absolute atomic E-state index is 12.4. The van der Waals surface area contributed by atoms with Gasteiger partial charge in [-0.1, -0.05) is 0 Å². The molecule has 0 radical (unpaired) electrons. The van der Waals surface area contributed by atoms with Gasteiger partial charge in [-0.25, -0.2) is 9.97 Å². The van der Waals surface area contributed by atoms with E-state index in [4.69, 9.17) is 0 Å². The molecule has 1 fully saturated rings. The number of nitrogens with zero attached hydrogens (tertiary/aromatic N) is 5. The van der Waals surface area contributed by atoms with E-state index in [0.29, 0.717) is 16.9 Å². The summed E-state index contributed by atoms with van der Waals surface area (Å²) in [5.41, 5.74) is 0.621. The first-order valence-corrected chi connectivity index (χ1v) is 5.41. The molecule has 2 aromatic heterocycles. The van der Waals surface area contributed by atoms with E-state index in [2.05, 4.69) is 15.1 Å². The molecule has 0 aliphatic carbocycles. The molecule has 0 spiro atoms. The van der Waals surface area contributed by atoms with E-state index in [1.807, 2.05) is 0 Å². The van der Waals surface area contributed by atoms with Crippen LogP contribution in [0, 0.1) is 5.92 Å². The zero-order valence-corrected chi connectivity index (χ0v) is 9.52. The Morgan fingerprint density at radius 2 is 2.00 bits per heavy atom. The summed E-state index contributed by atoms with van der Waals surface area (Å²) in [6.45, 7) is -0.102. The molecule has 5 nitrogen and oxygen atoms in total. The Kier molecular flexibility index (Phi) is 2.23. The number of alkyl halides is 3. The Morgan fingerprint density at radius 1 is 1.28 bits per heavy atom. The lowest BCUT2D eigenvalue weighted by Crippen LogP contribution is -2.53. The van der Waals surface area contributed by atoms with Crippen molar-refractivity contribution >= 4 is 16.9 Å². The zero-order chi connectivity index (χ0) is 12.9. The molecule has 0 saturated carbocycles. The van der Waals surface area contributed by atoms with Gasteiger partial charge in [0, 0.05) is 20.1 Å². The molecule has 0 bridgehead atoms. The quantitative estimate of drug-likeness (QED) is 0.774. The summed E-state index contributed by atoms with van der Waals surface area (Å²) >= 11 is 0. The van der Waals surface area contributed by atoms with Gasteiger partial charge in [-0.2, -0.15) is 18.3 Å². The van der Waals surface area contributed by atoms with Crippen LogP contribution in [-0.4, -0.2) is 39.0 Å². The number of halogens is 3. The maximum atomic E-state index is 12.4. The number of hydrogen-bond acceptors (Lipinski definition) is 4. The highest BCUT2D eigenvalue weighted by atomic mass is 19.4. The predicted molar refractivity (Wildman–Crippen MR) is 58.1 cm³/mol. The fourth-order valence-corrected chi connectivity index (χ4v) is 2.06. The van der Waals surface area contributed by atoms with Crippen LogP contribution in [0.15, 0.2) is 12.5 Å². The van der Waals surface area contributed by atoms with Crippen molar-refractivity contribution in [3.63, 3.8) is 0 Å². The van der Waals surface area contributed by atoms with E-state index in [1.54, 1.807) is 22.8 Å². The molecule has 1 saturated heterocycles. The van der Waals surface area contributed by atoms with Crippen LogP contribution in [0.25, 0.3) is 11.0 Å². The summed E-state index contributed by atoms with van der Waals surface area (Å²) in [5, 5.41) is 4.71. The molecule has 0 amide bonds. The van der Waals surface area contributed by atoms with Gasteiger partial charge in [-0.05, 0) is 0 Å². The summed E-state index contributed by atoms with van der Waals surface area (Å²) in [6.07, 6.45) is -1.20. The molecule has 3 rings (SSSR count). The first kappa shape index (κ1) is 11.2. The number of aryl methyl sites for hydroxylation is 1. The number of fused-ring (bicyclic) bond motifs is 1. The van der Waals surface area contributed by atoms with Crippen LogP contribution in [0.4, 0.5) is 19.0 Å². The van der Waals surface area contributed by atoms with Gasteiger partial charge in [-0.15, -0.1) is 0 Å². The molecule has 0 atom stereocenters. The third kappa shape index (κ3) is 1.59. The number of aromatic nitrogens is 4. The normalized spacial score (nSPS) is 17.2. The average Bonchev–Trinajstić information content (AvgIpc) is 2.57. The lowest BCUT2D eigenvalue weighted by molar-refractivity contribution is -0.180. The highest BCUT2D eigenvalue weighted by Gasteiger charge is 2.47. The smallest absolute Gasteiger partial charge is 0.355 e. The average molecular weight is 257 g/mol. The Labute approximate surface area is 100 Å². The van der Waals surface area contributed by atoms with Gasteiger partial charge < -0.3 is 4.90 Å².